The zero-order chi connectivity index (χ0) is 31.6. The number of hydrogen-bond donors (Lipinski definition) is 2. The summed E-state index contributed by atoms with van der Waals surface area (Å²) < 4.78 is 1.68. The average Bonchev–Trinajstić information content (AvgIpc) is 3.51. The van der Waals surface area contributed by atoms with Gasteiger partial charge in [-0.2, -0.15) is 4.98 Å². The van der Waals surface area contributed by atoms with E-state index in [-0.39, 0.29) is 12.1 Å². The minimum Gasteiger partial charge on any atom is -0.369 e. The average molecular weight is 611 g/mol. The summed E-state index contributed by atoms with van der Waals surface area (Å²) in [6.07, 6.45) is 5.26. The number of H-pyrrole nitrogens is 1. The van der Waals surface area contributed by atoms with Crippen LogP contribution in [0.3, 0.4) is 0 Å². The largest absolute Gasteiger partial charge is 0.369 e. The summed E-state index contributed by atoms with van der Waals surface area (Å²) in [6.45, 7) is 20.1. The van der Waals surface area contributed by atoms with Crippen molar-refractivity contribution in [3.8, 4) is 11.5 Å². The number of fused-ring (bicyclic) bond motifs is 1. The summed E-state index contributed by atoms with van der Waals surface area (Å²) >= 11 is 0. The van der Waals surface area contributed by atoms with Gasteiger partial charge >= 0.3 is 0 Å². The lowest BCUT2D eigenvalue weighted by Gasteiger charge is -2.38. The highest BCUT2D eigenvalue weighted by Crippen LogP contribution is 2.41. The number of aromatic nitrogens is 5. The van der Waals surface area contributed by atoms with Crippen LogP contribution in [0.15, 0.2) is 47.7 Å². The highest BCUT2D eigenvalue weighted by Gasteiger charge is 2.41. The molecule has 5 rings (SSSR count). The highest BCUT2D eigenvalue weighted by molar-refractivity contribution is 6.90. The molecule has 4 aromatic rings. The fourth-order valence-electron chi connectivity index (χ4n) is 6.82. The van der Waals surface area contributed by atoms with E-state index in [1.807, 2.05) is 13.1 Å². The molecule has 0 bridgehead atoms. The molecule has 0 atom stereocenters. The van der Waals surface area contributed by atoms with Crippen LogP contribution in [-0.4, -0.2) is 70.7 Å². The van der Waals surface area contributed by atoms with Crippen molar-refractivity contribution < 1.29 is 0 Å². The minimum absolute atomic E-state index is 0.120. The highest BCUT2D eigenvalue weighted by atomic mass is 28.3. The van der Waals surface area contributed by atoms with Crippen molar-refractivity contribution in [2.75, 3.05) is 43.4 Å². The SMILES string of the molecule is Cc1c(C#C[Si](C(C)C)(C(C)C)C(C)C)c2cnc(Nc3ccc(N4CCN(C)CC4)cc3)nc2n(Cc2ncc[nH]2)c1=O. The standard InChI is InChI=1S/C34H46N8OSi/c1-23(2)44(24(3)4,25(5)6)20-13-29-26(7)33(43)42(22-31-35-14-15-36-31)32-30(29)21-37-34(39-32)38-27-9-11-28(12-10-27)41-18-16-40(8)17-19-41/h9-12,14-15,21,23-25H,16-19,22H2,1-8H3,(H,35,36)(H,37,38,39). The van der Waals surface area contributed by atoms with Crippen molar-refractivity contribution in [2.24, 2.45) is 0 Å². The maximum absolute atomic E-state index is 13.9. The summed E-state index contributed by atoms with van der Waals surface area (Å²) in [5.41, 5.74) is 9.10. The Morgan fingerprint density at radius 3 is 2.23 bits per heavy atom. The molecule has 1 saturated heterocycles. The molecule has 0 radical (unpaired) electrons. The van der Waals surface area contributed by atoms with Crippen molar-refractivity contribution in [1.29, 1.82) is 0 Å². The third-order valence-corrected chi connectivity index (χ3v) is 15.6. The first-order valence-electron chi connectivity index (χ1n) is 15.7. The van der Waals surface area contributed by atoms with Crippen LogP contribution in [-0.2, 0) is 6.54 Å². The number of rotatable bonds is 8. The lowest BCUT2D eigenvalue weighted by atomic mass is 10.1. The molecule has 1 aliphatic rings. The van der Waals surface area contributed by atoms with E-state index in [4.69, 9.17) is 9.97 Å². The number of likely N-dealkylation sites (N-methyl/N-ethyl adjacent to an activating group) is 1. The van der Waals surface area contributed by atoms with Crippen LogP contribution in [0.5, 0.6) is 0 Å². The zero-order valence-electron chi connectivity index (χ0n) is 27.4. The molecule has 0 unspecified atom stereocenters. The first-order chi connectivity index (χ1) is 21.0. The number of piperazine rings is 1. The van der Waals surface area contributed by atoms with Gasteiger partial charge in [0.2, 0.25) is 5.95 Å². The Morgan fingerprint density at radius 2 is 1.64 bits per heavy atom. The van der Waals surface area contributed by atoms with Gasteiger partial charge in [0.15, 0.2) is 0 Å². The van der Waals surface area contributed by atoms with Gasteiger partial charge in [0, 0.05) is 67.3 Å². The van der Waals surface area contributed by atoms with Crippen LogP contribution in [0.4, 0.5) is 17.3 Å². The molecule has 9 nitrogen and oxygen atoms in total. The van der Waals surface area contributed by atoms with Crippen molar-refractivity contribution in [2.45, 2.75) is 71.6 Å². The van der Waals surface area contributed by atoms with Gasteiger partial charge in [0.25, 0.3) is 5.56 Å². The zero-order valence-corrected chi connectivity index (χ0v) is 28.4. The molecule has 232 valence electrons. The van der Waals surface area contributed by atoms with E-state index in [0.717, 1.165) is 42.8 Å². The fraction of sp³-hybridized carbons (Fsp3) is 0.471. The Labute approximate surface area is 262 Å². The smallest absolute Gasteiger partial charge is 0.256 e. The number of aromatic amines is 1. The van der Waals surface area contributed by atoms with Crippen LogP contribution in [0, 0.1) is 18.4 Å². The number of benzene rings is 1. The van der Waals surface area contributed by atoms with E-state index < -0.39 is 8.07 Å². The molecule has 1 aromatic carbocycles. The monoisotopic (exact) mass is 610 g/mol. The van der Waals surface area contributed by atoms with Crippen LogP contribution >= 0.6 is 0 Å². The van der Waals surface area contributed by atoms with Crippen molar-refractivity contribution in [1.82, 2.24) is 29.4 Å². The Balaban J connectivity index is 1.57. The summed E-state index contributed by atoms with van der Waals surface area (Å²) in [5, 5.41) is 4.13. The lowest BCUT2D eigenvalue weighted by Crippen LogP contribution is -2.44. The molecule has 2 N–H and O–H groups in total. The third-order valence-electron chi connectivity index (χ3n) is 9.36. The second-order valence-corrected chi connectivity index (χ2v) is 18.5. The van der Waals surface area contributed by atoms with Crippen molar-refractivity contribution in [3.05, 3.63) is 70.2 Å². The molecule has 1 aliphatic heterocycles. The molecule has 0 saturated carbocycles. The number of imidazole rings is 1. The summed E-state index contributed by atoms with van der Waals surface area (Å²) in [6, 6.07) is 8.37. The van der Waals surface area contributed by atoms with Crippen molar-refractivity contribution in [3.63, 3.8) is 0 Å². The van der Waals surface area contributed by atoms with Gasteiger partial charge < -0.3 is 20.1 Å². The van der Waals surface area contributed by atoms with Gasteiger partial charge in [0.05, 0.1) is 11.9 Å². The maximum Gasteiger partial charge on any atom is 0.256 e. The molecule has 4 heterocycles. The van der Waals surface area contributed by atoms with Gasteiger partial charge in [0.1, 0.15) is 19.5 Å². The van der Waals surface area contributed by atoms with E-state index in [2.05, 4.69) is 109 Å². The van der Waals surface area contributed by atoms with Gasteiger partial charge in [-0.05, 0) is 54.9 Å². The molecule has 0 spiro atoms. The molecule has 0 aliphatic carbocycles. The first kappa shape index (κ1) is 31.5. The Bertz CT molecular complexity index is 1680. The van der Waals surface area contributed by atoms with Gasteiger partial charge in [-0.1, -0.05) is 47.5 Å². The van der Waals surface area contributed by atoms with E-state index >= 15 is 0 Å². The molecule has 44 heavy (non-hydrogen) atoms. The number of pyridine rings is 1. The molecule has 10 heteroatoms. The first-order valence-corrected chi connectivity index (χ1v) is 18.0. The normalized spacial score (nSPS) is 14.5. The Kier molecular flexibility index (Phi) is 9.28. The Morgan fingerprint density at radius 1 is 0.977 bits per heavy atom. The topological polar surface area (TPSA) is 95.0 Å². The second-order valence-electron chi connectivity index (χ2n) is 13.0. The quantitative estimate of drug-likeness (QED) is 0.188. The molecular weight excluding hydrogens is 565 g/mol. The van der Waals surface area contributed by atoms with Crippen LogP contribution < -0.4 is 15.8 Å². The van der Waals surface area contributed by atoms with E-state index in [0.29, 0.717) is 39.6 Å². The third kappa shape index (κ3) is 6.17. The van der Waals surface area contributed by atoms with Gasteiger partial charge in [-0.3, -0.25) is 9.36 Å². The number of anilines is 3. The molecular formula is C34H46N8OSi. The van der Waals surface area contributed by atoms with Gasteiger partial charge in [-0.15, -0.1) is 5.54 Å². The molecule has 1 fully saturated rings. The minimum atomic E-state index is -2.03. The summed E-state index contributed by atoms with van der Waals surface area (Å²) in [5.74, 6) is 4.66. The lowest BCUT2D eigenvalue weighted by molar-refractivity contribution is 0.313. The predicted molar refractivity (Wildman–Crippen MR) is 184 cm³/mol. The predicted octanol–water partition coefficient (Wildman–Crippen LogP) is 5.94. The van der Waals surface area contributed by atoms with Crippen LogP contribution in [0.2, 0.25) is 16.6 Å². The number of nitrogens with zero attached hydrogens (tertiary/aromatic N) is 6. The maximum atomic E-state index is 13.9. The van der Waals surface area contributed by atoms with Crippen molar-refractivity contribution >= 4 is 36.4 Å². The van der Waals surface area contributed by atoms with Crippen LogP contribution in [0.25, 0.3) is 11.0 Å². The number of hydrogen-bond acceptors (Lipinski definition) is 7. The summed E-state index contributed by atoms with van der Waals surface area (Å²) in [7, 11) is 0.133. The second kappa shape index (κ2) is 13.0. The number of nitrogens with one attached hydrogen (secondary N) is 2. The van der Waals surface area contributed by atoms with Gasteiger partial charge in [-0.25, -0.2) is 9.97 Å². The summed E-state index contributed by atoms with van der Waals surface area (Å²) in [4.78, 5) is 35.8. The van der Waals surface area contributed by atoms with E-state index in [1.54, 1.807) is 17.0 Å². The van der Waals surface area contributed by atoms with Crippen LogP contribution in [0.1, 0.15) is 58.5 Å². The van der Waals surface area contributed by atoms with E-state index in [9.17, 15) is 4.79 Å². The molecule has 3 aromatic heterocycles. The van der Waals surface area contributed by atoms with E-state index in [1.165, 1.54) is 5.69 Å². The fourth-order valence-corrected chi connectivity index (χ4v) is 12.0. The Hall–Kier alpha value is -3.94. The molecule has 0 amide bonds.